The average Bonchev–Trinajstić information content (AvgIpc) is 3.06. The third-order valence-electron chi connectivity index (χ3n) is 5.30. The first-order valence-electron chi connectivity index (χ1n) is 9.76. The summed E-state index contributed by atoms with van der Waals surface area (Å²) >= 11 is 0. The van der Waals surface area contributed by atoms with E-state index in [1.54, 1.807) is 0 Å². The summed E-state index contributed by atoms with van der Waals surface area (Å²) in [4.78, 5) is 17.2. The first-order chi connectivity index (χ1) is 13.5. The molecule has 1 aromatic heterocycles. The number of hydrogen-bond acceptors (Lipinski definition) is 3. The van der Waals surface area contributed by atoms with Gasteiger partial charge in [-0.15, -0.1) is 0 Å². The van der Waals surface area contributed by atoms with Gasteiger partial charge in [0.15, 0.2) is 0 Å². The Labute approximate surface area is 166 Å². The summed E-state index contributed by atoms with van der Waals surface area (Å²) in [5, 5.41) is 4.50. The number of nitrogens with zero attached hydrogens (tertiary/aromatic N) is 4. The highest BCUT2D eigenvalue weighted by Crippen LogP contribution is 2.19. The summed E-state index contributed by atoms with van der Waals surface area (Å²) in [6.07, 6.45) is 0. The maximum Gasteiger partial charge on any atom is 0.253 e. The molecule has 0 unspecified atom stereocenters. The Kier molecular flexibility index (Phi) is 4.90. The van der Waals surface area contributed by atoms with Crippen molar-refractivity contribution in [3.8, 4) is 5.69 Å². The molecule has 2 heterocycles. The van der Waals surface area contributed by atoms with E-state index in [2.05, 4.69) is 41.2 Å². The standard InChI is InChI=1S/C23H26N4O/c1-17-5-4-6-22(15-17)25-11-13-26(14-12-25)23(28)20-7-9-21(10-8-20)27-19(3)16-18(2)24-27/h4-10,15-16H,11-14H2,1-3H3. The number of hydrogen-bond donors (Lipinski definition) is 0. The fourth-order valence-corrected chi connectivity index (χ4v) is 3.81. The molecule has 0 bridgehead atoms. The number of anilines is 1. The Morgan fingerprint density at radius 3 is 2.18 bits per heavy atom. The summed E-state index contributed by atoms with van der Waals surface area (Å²) in [5.41, 5.74) is 6.29. The molecule has 144 valence electrons. The molecule has 1 aliphatic heterocycles. The maximum atomic E-state index is 12.9. The van der Waals surface area contributed by atoms with Crippen LogP contribution in [0.4, 0.5) is 5.69 Å². The van der Waals surface area contributed by atoms with E-state index in [0.717, 1.165) is 48.8 Å². The zero-order valence-electron chi connectivity index (χ0n) is 16.7. The van der Waals surface area contributed by atoms with E-state index in [4.69, 9.17) is 0 Å². The Morgan fingerprint density at radius 1 is 0.857 bits per heavy atom. The molecule has 1 fully saturated rings. The highest BCUT2D eigenvalue weighted by atomic mass is 16.2. The molecule has 3 aromatic rings. The van der Waals surface area contributed by atoms with Crippen molar-refractivity contribution in [3.63, 3.8) is 0 Å². The monoisotopic (exact) mass is 374 g/mol. The van der Waals surface area contributed by atoms with E-state index in [9.17, 15) is 4.79 Å². The topological polar surface area (TPSA) is 41.4 Å². The van der Waals surface area contributed by atoms with Crippen molar-refractivity contribution < 1.29 is 4.79 Å². The van der Waals surface area contributed by atoms with Crippen molar-refractivity contribution in [2.75, 3.05) is 31.1 Å². The van der Waals surface area contributed by atoms with Crippen molar-refractivity contribution in [2.45, 2.75) is 20.8 Å². The van der Waals surface area contributed by atoms with Crippen LogP contribution in [-0.4, -0.2) is 46.8 Å². The van der Waals surface area contributed by atoms with Gasteiger partial charge in [0.25, 0.3) is 5.91 Å². The van der Waals surface area contributed by atoms with E-state index < -0.39 is 0 Å². The van der Waals surface area contributed by atoms with Gasteiger partial charge in [0.05, 0.1) is 11.4 Å². The van der Waals surface area contributed by atoms with Gasteiger partial charge in [0.2, 0.25) is 0 Å². The second-order valence-corrected chi connectivity index (χ2v) is 7.50. The number of rotatable bonds is 3. The van der Waals surface area contributed by atoms with Gasteiger partial charge in [0.1, 0.15) is 0 Å². The average molecular weight is 374 g/mol. The lowest BCUT2D eigenvalue weighted by Crippen LogP contribution is -2.48. The lowest BCUT2D eigenvalue weighted by Gasteiger charge is -2.36. The van der Waals surface area contributed by atoms with Crippen LogP contribution in [0.25, 0.3) is 5.69 Å². The number of benzene rings is 2. The van der Waals surface area contributed by atoms with Gasteiger partial charge in [-0.25, -0.2) is 4.68 Å². The molecule has 4 rings (SSSR count). The van der Waals surface area contributed by atoms with Crippen LogP contribution < -0.4 is 4.90 Å². The fourth-order valence-electron chi connectivity index (χ4n) is 3.81. The van der Waals surface area contributed by atoms with Crippen molar-refractivity contribution >= 4 is 11.6 Å². The van der Waals surface area contributed by atoms with Gasteiger partial charge in [-0.05, 0) is 68.8 Å². The van der Waals surface area contributed by atoms with Crippen LogP contribution in [-0.2, 0) is 0 Å². The minimum absolute atomic E-state index is 0.101. The normalized spacial score (nSPS) is 14.4. The van der Waals surface area contributed by atoms with Crippen LogP contribution in [0, 0.1) is 20.8 Å². The first-order valence-corrected chi connectivity index (χ1v) is 9.76. The van der Waals surface area contributed by atoms with Crippen molar-refractivity contribution in [3.05, 3.63) is 77.1 Å². The molecule has 28 heavy (non-hydrogen) atoms. The lowest BCUT2D eigenvalue weighted by atomic mass is 10.1. The third kappa shape index (κ3) is 3.65. The maximum absolute atomic E-state index is 12.9. The molecule has 1 saturated heterocycles. The van der Waals surface area contributed by atoms with Crippen LogP contribution in [0.15, 0.2) is 54.6 Å². The number of aryl methyl sites for hydroxylation is 3. The molecule has 0 aliphatic carbocycles. The first kappa shape index (κ1) is 18.3. The summed E-state index contributed by atoms with van der Waals surface area (Å²) in [6.45, 7) is 9.33. The highest BCUT2D eigenvalue weighted by Gasteiger charge is 2.22. The second kappa shape index (κ2) is 7.50. The van der Waals surface area contributed by atoms with Crippen molar-refractivity contribution in [1.29, 1.82) is 0 Å². The molecular weight excluding hydrogens is 348 g/mol. The number of piperazine rings is 1. The molecule has 1 amide bonds. The molecule has 5 nitrogen and oxygen atoms in total. The Hall–Kier alpha value is -3.08. The molecule has 0 spiro atoms. The molecular formula is C23H26N4O. The minimum Gasteiger partial charge on any atom is -0.368 e. The van der Waals surface area contributed by atoms with Crippen molar-refractivity contribution in [1.82, 2.24) is 14.7 Å². The SMILES string of the molecule is Cc1cccc(N2CCN(C(=O)c3ccc(-n4nc(C)cc4C)cc3)CC2)c1. The van der Waals surface area contributed by atoms with E-state index >= 15 is 0 Å². The van der Waals surface area contributed by atoms with E-state index in [-0.39, 0.29) is 5.91 Å². The van der Waals surface area contributed by atoms with Gasteiger partial charge in [-0.3, -0.25) is 4.79 Å². The lowest BCUT2D eigenvalue weighted by molar-refractivity contribution is 0.0747. The number of carbonyl (C=O) groups is 1. The van der Waals surface area contributed by atoms with E-state index in [1.807, 2.05) is 53.8 Å². The van der Waals surface area contributed by atoms with Gasteiger partial charge in [-0.2, -0.15) is 5.10 Å². The summed E-state index contributed by atoms with van der Waals surface area (Å²) in [6, 6.07) is 18.3. The largest absolute Gasteiger partial charge is 0.368 e. The Morgan fingerprint density at radius 2 is 1.57 bits per heavy atom. The Balaban J connectivity index is 1.42. The van der Waals surface area contributed by atoms with Crippen LogP contribution in [0.2, 0.25) is 0 Å². The molecule has 0 atom stereocenters. The molecule has 5 heteroatoms. The quantitative estimate of drug-likeness (QED) is 0.701. The van der Waals surface area contributed by atoms with Crippen LogP contribution in [0.3, 0.4) is 0 Å². The van der Waals surface area contributed by atoms with Crippen LogP contribution in [0.5, 0.6) is 0 Å². The zero-order chi connectivity index (χ0) is 19.7. The minimum atomic E-state index is 0.101. The highest BCUT2D eigenvalue weighted by molar-refractivity contribution is 5.94. The van der Waals surface area contributed by atoms with Crippen LogP contribution >= 0.6 is 0 Å². The van der Waals surface area contributed by atoms with Crippen molar-refractivity contribution in [2.24, 2.45) is 0 Å². The predicted octanol–water partition coefficient (Wildman–Crippen LogP) is 3.76. The number of carbonyl (C=O) groups excluding carboxylic acids is 1. The number of aromatic nitrogens is 2. The smallest absolute Gasteiger partial charge is 0.253 e. The Bertz CT molecular complexity index is 982. The van der Waals surface area contributed by atoms with Gasteiger partial charge < -0.3 is 9.80 Å². The van der Waals surface area contributed by atoms with E-state index in [1.165, 1.54) is 11.3 Å². The number of amides is 1. The fraction of sp³-hybridized carbons (Fsp3) is 0.304. The summed E-state index contributed by atoms with van der Waals surface area (Å²) < 4.78 is 1.91. The van der Waals surface area contributed by atoms with Gasteiger partial charge >= 0.3 is 0 Å². The van der Waals surface area contributed by atoms with Crippen LogP contribution in [0.1, 0.15) is 27.3 Å². The molecule has 0 radical (unpaired) electrons. The summed E-state index contributed by atoms with van der Waals surface area (Å²) in [5.74, 6) is 0.101. The summed E-state index contributed by atoms with van der Waals surface area (Å²) in [7, 11) is 0. The molecule has 2 aromatic carbocycles. The third-order valence-corrected chi connectivity index (χ3v) is 5.30. The zero-order valence-corrected chi connectivity index (χ0v) is 16.7. The molecule has 0 saturated carbocycles. The second-order valence-electron chi connectivity index (χ2n) is 7.50. The predicted molar refractivity (Wildman–Crippen MR) is 112 cm³/mol. The molecule has 0 N–H and O–H groups in total. The van der Waals surface area contributed by atoms with E-state index in [0.29, 0.717) is 0 Å². The molecule has 1 aliphatic rings. The van der Waals surface area contributed by atoms with Gasteiger partial charge in [-0.1, -0.05) is 12.1 Å². The van der Waals surface area contributed by atoms with Gasteiger partial charge in [0, 0.05) is 43.1 Å².